The lowest BCUT2D eigenvalue weighted by Crippen LogP contribution is -2.42. The minimum absolute atomic E-state index is 0. The van der Waals surface area contributed by atoms with Gasteiger partial charge in [-0.2, -0.15) is 0 Å². The Hall–Kier alpha value is -2.57. The third-order valence-corrected chi connectivity index (χ3v) is 5.64. The van der Waals surface area contributed by atoms with Gasteiger partial charge in [0.15, 0.2) is 0 Å². The maximum absolute atomic E-state index is 12.8. The Morgan fingerprint density at radius 1 is 0.967 bits per heavy atom. The molecule has 2 aromatic carbocycles. The van der Waals surface area contributed by atoms with Gasteiger partial charge < -0.3 is 19.3 Å². The van der Waals surface area contributed by atoms with Gasteiger partial charge in [0, 0.05) is 25.2 Å². The maximum atomic E-state index is 12.8. The summed E-state index contributed by atoms with van der Waals surface area (Å²) >= 11 is 0. The molecule has 4 rings (SSSR count). The number of ether oxygens (including phenoxy) is 2. The van der Waals surface area contributed by atoms with Gasteiger partial charge in [0.1, 0.15) is 11.5 Å². The molecule has 2 aliphatic heterocycles. The van der Waals surface area contributed by atoms with E-state index in [1.807, 2.05) is 23.1 Å². The second-order valence-corrected chi connectivity index (χ2v) is 7.53. The quantitative estimate of drug-likeness (QED) is 0.653. The van der Waals surface area contributed by atoms with E-state index in [9.17, 15) is 9.59 Å². The standard InChI is InChI=1S/C23H26N2O4.ClH/c1-28-23(27)17-4-6-19(7-5-17)29-20-8-9-21-18(16-20)10-13-25(22(21)26)15-14-24-11-2-3-12-24;/h4-9,16H,2-3,10-15H2,1H3;1H. The molecule has 0 saturated carbocycles. The smallest absolute Gasteiger partial charge is 0.337 e. The number of amides is 1. The number of benzene rings is 2. The Labute approximate surface area is 183 Å². The van der Waals surface area contributed by atoms with Crippen molar-refractivity contribution in [3.63, 3.8) is 0 Å². The van der Waals surface area contributed by atoms with Crippen LogP contribution >= 0.6 is 12.4 Å². The first kappa shape index (κ1) is 22.1. The molecule has 0 N–H and O–H groups in total. The zero-order chi connectivity index (χ0) is 20.2. The van der Waals surface area contributed by atoms with Gasteiger partial charge in [-0.1, -0.05) is 0 Å². The van der Waals surface area contributed by atoms with Crippen LogP contribution in [0.2, 0.25) is 0 Å². The second kappa shape index (κ2) is 9.96. The summed E-state index contributed by atoms with van der Waals surface area (Å²) in [6.07, 6.45) is 3.37. The highest BCUT2D eigenvalue weighted by atomic mass is 35.5. The van der Waals surface area contributed by atoms with Crippen LogP contribution in [0.3, 0.4) is 0 Å². The van der Waals surface area contributed by atoms with Crippen molar-refractivity contribution in [1.82, 2.24) is 9.80 Å². The van der Waals surface area contributed by atoms with E-state index < -0.39 is 0 Å². The van der Waals surface area contributed by atoms with Gasteiger partial charge in [0.25, 0.3) is 5.91 Å². The van der Waals surface area contributed by atoms with Crippen molar-refractivity contribution in [2.75, 3.05) is 39.8 Å². The van der Waals surface area contributed by atoms with Crippen LogP contribution in [0, 0.1) is 0 Å². The van der Waals surface area contributed by atoms with E-state index in [0.29, 0.717) is 17.1 Å². The summed E-state index contributed by atoms with van der Waals surface area (Å²) in [5.41, 5.74) is 2.27. The number of carbonyl (C=O) groups is 2. The van der Waals surface area contributed by atoms with Crippen LogP contribution in [0.25, 0.3) is 0 Å². The van der Waals surface area contributed by atoms with E-state index in [0.717, 1.165) is 50.3 Å². The van der Waals surface area contributed by atoms with Crippen molar-refractivity contribution in [3.05, 3.63) is 59.2 Å². The first-order valence-corrected chi connectivity index (χ1v) is 10.1. The Morgan fingerprint density at radius 3 is 2.37 bits per heavy atom. The third kappa shape index (κ3) is 4.94. The number of carbonyl (C=O) groups excluding carboxylic acids is 2. The molecule has 2 aromatic rings. The average molecular weight is 431 g/mol. The summed E-state index contributed by atoms with van der Waals surface area (Å²) in [5.74, 6) is 1.05. The van der Waals surface area contributed by atoms with Crippen molar-refractivity contribution in [3.8, 4) is 11.5 Å². The van der Waals surface area contributed by atoms with Crippen LogP contribution in [0.5, 0.6) is 11.5 Å². The fourth-order valence-electron chi connectivity index (χ4n) is 3.97. The maximum Gasteiger partial charge on any atom is 0.337 e. The molecule has 7 heteroatoms. The first-order valence-electron chi connectivity index (χ1n) is 10.1. The van der Waals surface area contributed by atoms with Crippen LogP contribution in [-0.2, 0) is 11.2 Å². The first-order chi connectivity index (χ1) is 14.1. The molecule has 0 aliphatic carbocycles. The molecule has 1 amide bonds. The van der Waals surface area contributed by atoms with E-state index in [1.165, 1.54) is 20.0 Å². The highest BCUT2D eigenvalue weighted by Crippen LogP contribution is 2.27. The van der Waals surface area contributed by atoms with E-state index in [4.69, 9.17) is 9.47 Å². The lowest BCUT2D eigenvalue weighted by Gasteiger charge is -2.30. The van der Waals surface area contributed by atoms with E-state index >= 15 is 0 Å². The predicted molar refractivity (Wildman–Crippen MR) is 117 cm³/mol. The van der Waals surface area contributed by atoms with E-state index in [1.54, 1.807) is 24.3 Å². The molecule has 0 radical (unpaired) electrons. The number of hydrogen-bond donors (Lipinski definition) is 0. The minimum Gasteiger partial charge on any atom is -0.465 e. The second-order valence-electron chi connectivity index (χ2n) is 7.53. The zero-order valence-electron chi connectivity index (χ0n) is 17.1. The number of methoxy groups -OCH3 is 1. The van der Waals surface area contributed by atoms with Crippen LogP contribution in [0.15, 0.2) is 42.5 Å². The molecule has 0 unspecified atom stereocenters. The van der Waals surface area contributed by atoms with Crippen molar-refractivity contribution < 1.29 is 19.1 Å². The lowest BCUT2D eigenvalue weighted by atomic mass is 9.98. The highest BCUT2D eigenvalue weighted by Gasteiger charge is 2.25. The molecular formula is C23H27ClN2O4. The number of rotatable bonds is 6. The van der Waals surface area contributed by atoms with E-state index in [-0.39, 0.29) is 24.3 Å². The van der Waals surface area contributed by atoms with Crippen molar-refractivity contribution in [2.24, 2.45) is 0 Å². The van der Waals surface area contributed by atoms with Crippen LogP contribution in [0.4, 0.5) is 0 Å². The van der Waals surface area contributed by atoms with Gasteiger partial charge in [0.05, 0.1) is 12.7 Å². The van der Waals surface area contributed by atoms with Gasteiger partial charge in [-0.3, -0.25) is 4.79 Å². The summed E-state index contributed by atoms with van der Waals surface area (Å²) in [6, 6.07) is 12.4. The number of hydrogen-bond acceptors (Lipinski definition) is 5. The molecule has 1 fully saturated rings. The topological polar surface area (TPSA) is 59.1 Å². The number of fused-ring (bicyclic) bond motifs is 1. The fourth-order valence-corrected chi connectivity index (χ4v) is 3.97. The summed E-state index contributed by atoms with van der Waals surface area (Å²) in [4.78, 5) is 28.8. The Morgan fingerprint density at radius 2 is 1.67 bits per heavy atom. The molecule has 0 spiro atoms. The molecule has 0 aromatic heterocycles. The van der Waals surface area contributed by atoms with Gasteiger partial charge in [0.2, 0.25) is 0 Å². The summed E-state index contributed by atoms with van der Waals surface area (Å²) in [5, 5.41) is 0. The molecule has 6 nitrogen and oxygen atoms in total. The predicted octanol–water partition coefficient (Wildman–Crippen LogP) is 3.78. The number of likely N-dealkylation sites (tertiary alicyclic amines) is 1. The van der Waals surface area contributed by atoms with Gasteiger partial charge >= 0.3 is 5.97 Å². The number of nitrogens with zero attached hydrogens (tertiary/aromatic N) is 2. The van der Waals surface area contributed by atoms with Crippen LogP contribution in [0.1, 0.15) is 39.1 Å². The highest BCUT2D eigenvalue weighted by molar-refractivity contribution is 5.97. The molecule has 0 atom stereocenters. The summed E-state index contributed by atoms with van der Waals surface area (Å²) < 4.78 is 10.6. The average Bonchev–Trinajstić information content (AvgIpc) is 3.27. The Balaban J connectivity index is 0.00000256. The SMILES string of the molecule is COC(=O)c1ccc(Oc2ccc3c(c2)CCN(CCN2CCCC2)C3=O)cc1.Cl. The molecule has 2 aliphatic rings. The number of esters is 1. The largest absolute Gasteiger partial charge is 0.465 e. The molecule has 30 heavy (non-hydrogen) atoms. The van der Waals surface area contributed by atoms with Crippen molar-refractivity contribution in [2.45, 2.75) is 19.3 Å². The summed E-state index contributed by atoms with van der Waals surface area (Å²) in [6.45, 7) is 4.81. The molecule has 2 heterocycles. The van der Waals surface area contributed by atoms with Gasteiger partial charge in [-0.05, 0) is 80.4 Å². The minimum atomic E-state index is -0.377. The van der Waals surface area contributed by atoms with E-state index in [2.05, 4.69) is 4.90 Å². The van der Waals surface area contributed by atoms with Gasteiger partial charge in [-0.25, -0.2) is 4.79 Å². The summed E-state index contributed by atoms with van der Waals surface area (Å²) in [7, 11) is 1.36. The van der Waals surface area contributed by atoms with Crippen LogP contribution in [-0.4, -0.2) is 61.5 Å². The fraction of sp³-hybridized carbons (Fsp3) is 0.391. The monoisotopic (exact) mass is 430 g/mol. The third-order valence-electron chi connectivity index (χ3n) is 5.64. The van der Waals surface area contributed by atoms with Gasteiger partial charge in [-0.15, -0.1) is 12.4 Å². The Kier molecular flexibility index (Phi) is 7.34. The molecule has 1 saturated heterocycles. The van der Waals surface area contributed by atoms with Crippen LogP contribution < -0.4 is 4.74 Å². The molecule has 160 valence electrons. The lowest BCUT2D eigenvalue weighted by molar-refractivity contribution is 0.0600. The molecule has 0 bridgehead atoms. The van der Waals surface area contributed by atoms with Crippen molar-refractivity contribution >= 4 is 24.3 Å². The zero-order valence-corrected chi connectivity index (χ0v) is 18.0. The number of halogens is 1. The van der Waals surface area contributed by atoms with Crippen molar-refractivity contribution in [1.29, 1.82) is 0 Å². The Bertz CT molecular complexity index is 895. The normalized spacial score (nSPS) is 16.0. The molecular weight excluding hydrogens is 404 g/mol.